The van der Waals surface area contributed by atoms with Gasteiger partial charge in [0.05, 0.1) is 19.5 Å². The molecule has 1 aromatic carbocycles. The molecule has 0 unspecified atom stereocenters. The molecule has 18 heavy (non-hydrogen) atoms. The zero-order valence-corrected chi connectivity index (χ0v) is 9.46. The summed E-state index contributed by atoms with van der Waals surface area (Å²) in [7, 11) is 0. The molecular weight excluding hydrogens is 236 g/mol. The van der Waals surface area contributed by atoms with Gasteiger partial charge in [0.1, 0.15) is 5.75 Å². The van der Waals surface area contributed by atoms with Crippen molar-refractivity contribution in [2.24, 2.45) is 9.98 Å². The summed E-state index contributed by atoms with van der Waals surface area (Å²) < 4.78 is 4.98. The summed E-state index contributed by atoms with van der Waals surface area (Å²) in [5, 5.41) is 0. The highest BCUT2D eigenvalue weighted by Crippen LogP contribution is 2.13. The summed E-state index contributed by atoms with van der Waals surface area (Å²) in [6.45, 7) is 0.306. The van der Waals surface area contributed by atoms with Gasteiger partial charge in [-0.3, -0.25) is 4.79 Å². The van der Waals surface area contributed by atoms with E-state index in [1.54, 1.807) is 24.3 Å². The van der Waals surface area contributed by atoms with Crippen LogP contribution in [-0.2, 0) is 20.9 Å². The first-order valence-electron chi connectivity index (χ1n) is 5.13. The van der Waals surface area contributed by atoms with E-state index < -0.39 is 5.97 Å². The molecule has 0 saturated heterocycles. The summed E-state index contributed by atoms with van der Waals surface area (Å²) in [5.41, 5.74) is 0.809. The number of rotatable bonds is 6. The number of aliphatic imine (C=N–C) groups is 2. The molecule has 0 N–H and O–H groups in total. The Balaban J connectivity index is 2.49. The maximum atomic E-state index is 11.3. The minimum atomic E-state index is -0.479. The number of carbonyl (C=O) groups is 1. The number of carbonyl (C=O) groups excluding carboxylic acids is 3. The lowest BCUT2D eigenvalue weighted by atomic mass is 10.2. The quantitative estimate of drug-likeness (QED) is 0.326. The van der Waals surface area contributed by atoms with Crippen molar-refractivity contribution in [3.05, 3.63) is 29.8 Å². The largest absolute Gasteiger partial charge is 0.426 e. The molecule has 1 rings (SSSR count). The molecule has 0 spiro atoms. The van der Waals surface area contributed by atoms with Crippen molar-refractivity contribution in [1.82, 2.24) is 0 Å². The Kier molecular flexibility index (Phi) is 5.77. The van der Waals surface area contributed by atoms with Crippen LogP contribution in [0.1, 0.15) is 12.0 Å². The Bertz CT molecular complexity index is 497. The molecule has 92 valence electrons. The number of hydrogen-bond donors (Lipinski definition) is 0. The lowest BCUT2D eigenvalue weighted by Crippen LogP contribution is -2.09. The monoisotopic (exact) mass is 246 g/mol. The van der Waals surface area contributed by atoms with Crippen molar-refractivity contribution in [1.29, 1.82) is 0 Å². The molecule has 0 atom stereocenters. The average molecular weight is 246 g/mol. The molecule has 0 bridgehead atoms. The van der Waals surface area contributed by atoms with Gasteiger partial charge in [-0.1, -0.05) is 12.1 Å². The molecule has 6 nitrogen and oxygen atoms in total. The molecule has 0 amide bonds. The molecule has 0 aliphatic rings. The number of isocyanates is 2. The van der Waals surface area contributed by atoms with E-state index in [1.807, 2.05) is 0 Å². The topological polar surface area (TPSA) is 85.2 Å². The fourth-order valence-corrected chi connectivity index (χ4v) is 1.16. The van der Waals surface area contributed by atoms with Gasteiger partial charge in [-0.15, -0.1) is 0 Å². The van der Waals surface area contributed by atoms with E-state index in [1.165, 1.54) is 12.2 Å². The minimum Gasteiger partial charge on any atom is -0.426 e. The lowest BCUT2D eigenvalue weighted by Gasteiger charge is -2.03. The zero-order valence-electron chi connectivity index (χ0n) is 9.46. The van der Waals surface area contributed by atoms with Crippen LogP contribution in [0.4, 0.5) is 0 Å². The van der Waals surface area contributed by atoms with Crippen molar-refractivity contribution in [2.45, 2.75) is 13.0 Å². The van der Waals surface area contributed by atoms with Crippen LogP contribution in [0.25, 0.3) is 0 Å². The third kappa shape index (κ3) is 4.99. The van der Waals surface area contributed by atoms with Crippen LogP contribution >= 0.6 is 0 Å². The van der Waals surface area contributed by atoms with E-state index in [-0.39, 0.29) is 19.5 Å². The van der Waals surface area contributed by atoms with Crippen molar-refractivity contribution >= 4 is 18.1 Å². The van der Waals surface area contributed by atoms with E-state index in [0.29, 0.717) is 5.75 Å². The highest BCUT2D eigenvalue weighted by molar-refractivity contribution is 5.72. The number of hydrogen-bond acceptors (Lipinski definition) is 6. The Hall–Kier alpha value is -2.55. The van der Waals surface area contributed by atoms with Crippen LogP contribution in [0, 0.1) is 0 Å². The van der Waals surface area contributed by atoms with E-state index in [9.17, 15) is 14.4 Å². The number of nitrogens with zero attached hydrogens (tertiary/aromatic N) is 2. The van der Waals surface area contributed by atoms with Gasteiger partial charge in [0, 0.05) is 0 Å². The van der Waals surface area contributed by atoms with Crippen LogP contribution in [0.2, 0.25) is 0 Å². The summed E-state index contributed by atoms with van der Waals surface area (Å²) in [4.78, 5) is 37.6. The van der Waals surface area contributed by atoms with Crippen LogP contribution in [0.15, 0.2) is 34.3 Å². The predicted molar refractivity (Wildman–Crippen MR) is 61.5 cm³/mol. The molecule has 0 aliphatic carbocycles. The Morgan fingerprint density at radius 1 is 1.11 bits per heavy atom. The minimum absolute atomic E-state index is 0.0203. The Morgan fingerprint density at radius 3 is 2.39 bits per heavy atom. The number of ether oxygens (including phenoxy) is 1. The first kappa shape index (κ1) is 13.5. The molecule has 1 aromatic rings. The maximum Gasteiger partial charge on any atom is 0.313 e. The van der Waals surface area contributed by atoms with Gasteiger partial charge < -0.3 is 4.74 Å². The van der Waals surface area contributed by atoms with Crippen molar-refractivity contribution < 1.29 is 19.1 Å². The molecule has 0 aromatic heterocycles. The zero-order chi connectivity index (χ0) is 13.2. The Morgan fingerprint density at radius 2 is 1.78 bits per heavy atom. The summed E-state index contributed by atoms with van der Waals surface area (Å²) >= 11 is 0. The summed E-state index contributed by atoms with van der Waals surface area (Å²) in [5.74, 6) is -0.0958. The van der Waals surface area contributed by atoms with E-state index in [2.05, 4.69) is 9.98 Å². The molecule has 0 saturated carbocycles. The van der Waals surface area contributed by atoms with E-state index >= 15 is 0 Å². The number of benzene rings is 1. The van der Waals surface area contributed by atoms with Gasteiger partial charge in [-0.2, -0.15) is 0 Å². The molecule has 0 aliphatic heterocycles. The summed E-state index contributed by atoms with van der Waals surface area (Å²) in [6.07, 6.45) is 2.80. The van der Waals surface area contributed by atoms with Crippen molar-refractivity contribution in [2.75, 3.05) is 6.54 Å². The second kappa shape index (κ2) is 7.68. The SMILES string of the molecule is O=C=NCCC(=O)Oc1ccc(CN=C=O)cc1. The van der Waals surface area contributed by atoms with Gasteiger partial charge in [0.2, 0.25) is 12.2 Å². The first-order chi connectivity index (χ1) is 8.76. The van der Waals surface area contributed by atoms with Gasteiger partial charge in [0.25, 0.3) is 0 Å². The second-order valence-electron chi connectivity index (χ2n) is 3.25. The van der Waals surface area contributed by atoms with Gasteiger partial charge in [-0.25, -0.2) is 19.6 Å². The smallest absolute Gasteiger partial charge is 0.313 e. The van der Waals surface area contributed by atoms with Crippen LogP contribution in [0.5, 0.6) is 5.75 Å². The number of esters is 1. The average Bonchev–Trinajstić information content (AvgIpc) is 2.38. The predicted octanol–water partition coefficient (Wildman–Crippen LogP) is 1.15. The normalized spacial score (nSPS) is 8.89. The fourth-order valence-electron chi connectivity index (χ4n) is 1.16. The highest BCUT2D eigenvalue weighted by Gasteiger charge is 2.04. The van der Waals surface area contributed by atoms with Gasteiger partial charge in [0.15, 0.2) is 0 Å². The highest BCUT2D eigenvalue weighted by atomic mass is 16.5. The van der Waals surface area contributed by atoms with Gasteiger partial charge >= 0.3 is 5.97 Å². The molecule has 0 heterocycles. The lowest BCUT2D eigenvalue weighted by molar-refractivity contribution is -0.134. The van der Waals surface area contributed by atoms with Crippen molar-refractivity contribution in [3.63, 3.8) is 0 Å². The fraction of sp³-hybridized carbons (Fsp3) is 0.250. The standard InChI is InChI=1S/C12H10N2O4/c15-8-13-6-5-12(17)18-11-3-1-10(2-4-11)7-14-9-16/h1-4H,5-7H2. The van der Waals surface area contributed by atoms with E-state index in [4.69, 9.17) is 4.74 Å². The molecule has 0 radical (unpaired) electrons. The molecular formula is C12H10N2O4. The molecule has 0 fully saturated rings. The second-order valence-corrected chi connectivity index (χ2v) is 3.25. The Labute approximate surface area is 103 Å². The van der Waals surface area contributed by atoms with Crippen molar-refractivity contribution in [3.8, 4) is 5.75 Å². The van der Waals surface area contributed by atoms with Gasteiger partial charge in [-0.05, 0) is 17.7 Å². The third-order valence-electron chi connectivity index (χ3n) is 1.97. The van der Waals surface area contributed by atoms with Crippen LogP contribution in [-0.4, -0.2) is 24.7 Å². The van der Waals surface area contributed by atoms with Crippen LogP contribution < -0.4 is 4.74 Å². The molecule has 6 heteroatoms. The third-order valence-corrected chi connectivity index (χ3v) is 1.97. The summed E-state index contributed by atoms with van der Waals surface area (Å²) in [6, 6.07) is 6.56. The van der Waals surface area contributed by atoms with Crippen LogP contribution in [0.3, 0.4) is 0 Å². The maximum absolute atomic E-state index is 11.3. The van der Waals surface area contributed by atoms with E-state index in [0.717, 1.165) is 5.56 Å². The first-order valence-corrected chi connectivity index (χ1v) is 5.13.